The van der Waals surface area contributed by atoms with E-state index in [9.17, 15) is 18.3 Å². The van der Waals surface area contributed by atoms with Gasteiger partial charge in [-0.3, -0.25) is 4.31 Å². The fourth-order valence-corrected chi connectivity index (χ4v) is 6.23. The number of nitrogens with zero attached hydrogens (tertiary/aromatic N) is 1. The van der Waals surface area contributed by atoms with Gasteiger partial charge in [0.2, 0.25) is 10.0 Å². The Balaban J connectivity index is 2.22. The van der Waals surface area contributed by atoms with Crippen LogP contribution < -0.4 is 4.31 Å². The van der Waals surface area contributed by atoms with E-state index in [4.69, 9.17) is 4.74 Å². The number of hydrogen-bond donors (Lipinski definition) is 1. The van der Waals surface area contributed by atoms with Gasteiger partial charge in [0.05, 0.1) is 24.1 Å². The number of anilines is 1. The second-order valence-electron chi connectivity index (χ2n) is 10.9. The minimum Gasteiger partial charge on any atom is -0.479 e. The van der Waals surface area contributed by atoms with E-state index in [1.165, 1.54) is 10.6 Å². The molecular weight excluding hydrogens is 486 g/mol. The lowest BCUT2D eigenvalue weighted by Crippen LogP contribution is -2.35. The molecule has 1 aliphatic heterocycles. The van der Waals surface area contributed by atoms with Crippen LogP contribution in [0.4, 0.5) is 5.69 Å². The second kappa shape index (κ2) is 9.30. The number of rotatable bonds is 5. The SMILES string of the molecule is Cc1ccc(-c2c(C)c3c(c(C)c2[C@H](OC(C)(C)C)C(=O)O)N(S(C)(=O)=O)Cc2c(C)cccc2-3)cc1. The maximum Gasteiger partial charge on any atom is 0.337 e. The first kappa shape index (κ1) is 26.9. The van der Waals surface area contributed by atoms with Crippen molar-refractivity contribution in [3.63, 3.8) is 0 Å². The van der Waals surface area contributed by atoms with Gasteiger partial charge in [0, 0.05) is 11.1 Å². The summed E-state index contributed by atoms with van der Waals surface area (Å²) < 4.78 is 33.9. The molecule has 1 atom stereocenters. The molecule has 3 aromatic carbocycles. The molecule has 3 aromatic rings. The van der Waals surface area contributed by atoms with E-state index >= 15 is 0 Å². The Morgan fingerprint density at radius 3 is 2.14 bits per heavy atom. The zero-order valence-corrected chi connectivity index (χ0v) is 23.6. The van der Waals surface area contributed by atoms with Gasteiger partial charge in [-0.1, -0.05) is 48.0 Å². The van der Waals surface area contributed by atoms with E-state index < -0.39 is 27.7 Å². The first-order chi connectivity index (χ1) is 17.1. The average Bonchev–Trinajstić information content (AvgIpc) is 2.78. The first-order valence-electron chi connectivity index (χ1n) is 12.3. The number of hydrogen-bond acceptors (Lipinski definition) is 4. The van der Waals surface area contributed by atoms with Crippen molar-refractivity contribution in [2.24, 2.45) is 0 Å². The molecule has 0 spiro atoms. The third-order valence-corrected chi connectivity index (χ3v) is 8.06. The maximum absolute atomic E-state index is 13.1. The molecule has 0 fully saturated rings. The van der Waals surface area contributed by atoms with Gasteiger partial charge in [0.25, 0.3) is 0 Å². The molecule has 7 heteroatoms. The highest BCUT2D eigenvalue weighted by Gasteiger charge is 2.38. The van der Waals surface area contributed by atoms with E-state index in [1.54, 1.807) is 0 Å². The number of sulfonamides is 1. The summed E-state index contributed by atoms with van der Waals surface area (Å²) in [5.41, 5.74) is 8.11. The van der Waals surface area contributed by atoms with Crippen molar-refractivity contribution in [1.29, 1.82) is 0 Å². The molecule has 0 amide bonds. The van der Waals surface area contributed by atoms with Gasteiger partial charge in [-0.05, 0) is 87.4 Å². The summed E-state index contributed by atoms with van der Waals surface area (Å²) in [4.78, 5) is 12.7. The third kappa shape index (κ3) is 4.90. The van der Waals surface area contributed by atoms with Gasteiger partial charge in [-0.2, -0.15) is 0 Å². The lowest BCUT2D eigenvalue weighted by atomic mass is 9.79. The van der Waals surface area contributed by atoms with Crippen molar-refractivity contribution >= 4 is 21.7 Å². The molecule has 1 heterocycles. The molecule has 0 bridgehead atoms. The number of fused-ring (bicyclic) bond motifs is 3. The molecule has 196 valence electrons. The fourth-order valence-electron chi connectivity index (χ4n) is 5.31. The number of aliphatic carboxylic acids is 1. The van der Waals surface area contributed by atoms with E-state index in [2.05, 4.69) is 0 Å². The lowest BCUT2D eigenvalue weighted by molar-refractivity contribution is -0.160. The predicted molar refractivity (Wildman–Crippen MR) is 149 cm³/mol. The average molecular weight is 522 g/mol. The zero-order valence-electron chi connectivity index (χ0n) is 22.8. The maximum atomic E-state index is 13.1. The molecule has 1 aliphatic rings. The highest BCUT2D eigenvalue weighted by molar-refractivity contribution is 7.92. The van der Waals surface area contributed by atoms with E-state index in [1.807, 2.05) is 90.9 Å². The summed E-state index contributed by atoms with van der Waals surface area (Å²) in [6, 6.07) is 13.9. The van der Waals surface area contributed by atoms with Gasteiger partial charge < -0.3 is 9.84 Å². The van der Waals surface area contributed by atoms with Crippen molar-refractivity contribution in [3.8, 4) is 22.3 Å². The van der Waals surface area contributed by atoms with Gasteiger partial charge in [0.1, 0.15) is 0 Å². The van der Waals surface area contributed by atoms with E-state index in [-0.39, 0.29) is 6.54 Å². The number of carboxylic acids is 1. The summed E-state index contributed by atoms with van der Waals surface area (Å²) >= 11 is 0. The molecule has 0 unspecified atom stereocenters. The topological polar surface area (TPSA) is 83.9 Å². The number of ether oxygens (including phenoxy) is 1. The highest BCUT2D eigenvalue weighted by atomic mass is 32.2. The van der Waals surface area contributed by atoms with Crippen LogP contribution in [0, 0.1) is 27.7 Å². The summed E-state index contributed by atoms with van der Waals surface area (Å²) in [5, 5.41) is 10.4. The standard InChI is InChI=1S/C30H35NO5S/c1-17-12-14-21(15-13-17)24-19(3)25-22-11-9-10-18(2)23(22)16-31(37(8,34)35)27(25)20(4)26(24)28(29(32)33)36-30(5,6)7/h9-15,28H,16H2,1-8H3,(H,32,33)/t28-/m0/s1. The number of aryl methyl sites for hydroxylation is 2. The molecule has 6 nitrogen and oxygen atoms in total. The minimum atomic E-state index is -3.67. The molecule has 37 heavy (non-hydrogen) atoms. The van der Waals surface area contributed by atoms with Crippen LogP contribution in [0.2, 0.25) is 0 Å². The molecule has 0 saturated carbocycles. The Hall–Kier alpha value is -3.16. The van der Waals surface area contributed by atoms with E-state index in [0.717, 1.165) is 44.5 Å². The fraction of sp³-hybridized carbons (Fsp3) is 0.367. The second-order valence-corrected chi connectivity index (χ2v) is 12.9. The van der Waals surface area contributed by atoms with Crippen molar-refractivity contribution in [1.82, 2.24) is 0 Å². The molecule has 0 aliphatic carbocycles. The van der Waals surface area contributed by atoms with Crippen LogP contribution in [-0.4, -0.2) is 31.4 Å². The minimum absolute atomic E-state index is 0.190. The van der Waals surface area contributed by atoms with Crippen molar-refractivity contribution in [3.05, 3.63) is 75.8 Å². The zero-order chi connectivity index (χ0) is 27.4. The molecule has 0 saturated heterocycles. The number of carbonyl (C=O) groups is 1. The molecule has 1 N–H and O–H groups in total. The summed E-state index contributed by atoms with van der Waals surface area (Å²) in [7, 11) is -3.67. The van der Waals surface area contributed by atoms with Crippen LogP contribution in [0.25, 0.3) is 22.3 Å². The quantitative estimate of drug-likeness (QED) is 0.416. The summed E-state index contributed by atoms with van der Waals surface area (Å²) in [5.74, 6) is -1.12. The number of carboxylic acid groups (broad SMARTS) is 1. The summed E-state index contributed by atoms with van der Waals surface area (Å²) in [6.45, 7) is 13.4. The molecule has 0 radical (unpaired) electrons. The third-order valence-electron chi connectivity index (χ3n) is 6.94. The van der Waals surface area contributed by atoms with Crippen LogP contribution >= 0.6 is 0 Å². The highest BCUT2D eigenvalue weighted by Crippen LogP contribution is 2.51. The molecular formula is C30H35NO5S. The largest absolute Gasteiger partial charge is 0.479 e. The van der Waals surface area contributed by atoms with Gasteiger partial charge in [0.15, 0.2) is 6.10 Å². The van der Waals surface area contributed by atoms with Crippen LogP contribution in [0.5, 0.6) is 0 Å². The summed E-state index contributed by atoms with van der Waals surface area (Å²) in [6.07, 6.45) is -0.0940. The van der Waals surface area contributed by atoms with Gasteiger partial charge in [-0.25, -0.2) is 13.2 Å². The van der Waals surface area contributed by atoms with Crippen LogP contribution in [0.15, 0.2) is 42.5 Å². The van der Waals surface area contributed by atoms with Crippen molar-refractivity contribution in [2.45, 2.75) is 66.7 Å². The Kier molecular flexibility index (Phi) is 6.76. The van der Waals surface area contributed by atoms with Crippen molar-refractivity contribution < 1.29 is 23.1 Å². The number of benzene rings is 3. The Bertz CT molecular complexity index is 1500. The normalized spacial score (nSPS) is 14.2. The Morgan fingerprint density at radius 1 is 0.973 bits per heavy atom. The van der Waals surface area contributed by atoms with E-state index in [0.29, 0.717) is 16.8 Å². The monoisotopic (exact) mass is 521 g/mol. The van der Waals surface area contributed by atoms with Crippen LogP contribution in [0.3, 0.4) is 0 Å². The van der Waals surface area contributed by atoms with Crippen LogP contribution in [-0.2, 0) is 26.1 Å². The Morgan fingerprint density at radius 2 is 1.59 bits per heavy atom. The smallest absolute Gasteiger partial charge is 0.337 e. The Labute approximate surface area is 220 Å². The molecule has 4 rings (SSSR count). The predicted octanol–water partition coefficient (Wildman–Crippen LogP) is 6.47. The van der Waals surface area contributed by atoms with Crippen molar-refractivity contribution in [2.75, 3.05) is 10.6 Å². The van der Waals surface area contributed by atoms with Gasteiger partial charge >= 0.3 is 5.97 Å². The van der Waals surface area contributed by atoms with Crippen LogP contribution in [0.1, 0.15) is 60.3 Å². The lowest BCUT2D eigenvalue weighted by Gasteiger charge is -2.37. The molecule has 0 aromatic heterocycles. The first-order valence-corrected chi connectivity index (χ1v) is 14.2. The van der Waals surface area contributed by atoms with Gasteiger partial charge in [-0.15, -0.1) is 0 Å².